The second-order valence-corrected chi connectivity index (χ2v) is 8.08. The molecule has 0 spiro atoms. The quantitative estimate of drug-likeness (QED) is 0.752. The summed E-state index contributed by atoms with van der Waals surface area (Å²) in [6.45, 7) is 2.38. The average Bonchev–Trinajstić information content (AvgIpc) is 3.02. The summed E-state index contributed by atoms with van der Waals surface area (Å²) < 4.78 is 30.7. The van der Waals surface area contributed by atoms with E-state index in [0.717, 1.165) is 24.2 Å². The molecule has 1 N–H and O–H groups in total. The summed E-state index contributed by atoms with van der Waals surface area (Å²) in [7, 11) is -2.21. The van der Waals surface area contributed by atoms with Gasteiger partial charge in [-0.1, -0.05) is 42.9 Å². The van der Waals surface area contributed by atoms with Crippen LogP contribution in [0.25, 0.3) is 0 Å². The number of carbonyl (C=O) groups excluding carboxylic acids is 1. The van der Waals surface area contributed by atoms with Crippen molar-refractivity contribution in [1.29, 1.82) is 0 Å². The average molecular weight is 370 g/mol. The summed E-state index contributed by atoms with van der Waals surface area (Å²) in [5, 5.41) is 9.74. The number of aromatic nitrogens is 2. The van der Waals surface area contributed by atoms with E-state index in [4.69, 9.17) is 4.74 Å². The molecule has 0 saturated heterocycles. The van der Waals surface area contributed by atoms with Crippen LogP contribution < -0.4 is 10.1 Å². The number of amides is 1. The minimum Gasteiger partial charge on any atom is -0.410 e. The molecule has 1 heterocycles. The molecule has 130 valence electrons. The van der Waals surface area contributed by atoms with Gasteiger partial charge in [0.2, 0.25) is 9.47 Å². The van der Waals surface area contributed by atoms with Gasteiger partial charge >= 0.3 is 6.09 Å². The van der Waals surface area contributed by atoms with Gasteiger partial charge in [0, 0.05) is 13.6 Å². The number of rotatable bonds is 7. The summed E-state index contributed by atoms with van der Waals surface area (Å²) in [4.78, 5) is 11.8. The van der Waals surface area contributed by atoms with Gasteiger partial charge in [0.1, 0.15) is 5.75 Å². The SMILES string of the molecule is CCCCN(C)S(=O)(=O)c1nnc(NC(=O)Oc2ccccc2)s1. The van der Waals surface area contributed by atoms with Crippen LogP contribution >= 0.6 is 11.3 Å². The maximum absolute atomic E-state index is 12.3. The number of ether oxygens (including phenoxy) is 1. The van der Waals surface area contributed by atoms with Gasteiger partial charge < -0.3 is 4.74 Å². The molecule has 0 aliphatic rings. The third-order valence-electron chi connectivity index (χ3n) is 3.03. The van der Waals surface area contributed by atoms with Gasteiger partial charge in [-0.2, -0.15) is 4.31 Å². The predicted octanol–water partition coefficient (Wildman–Crippen LogP) is 2.57. The second-order valence-electron chi connectivity index (χ2n) is 4.88. The molecular formula is C14H18N4O4S2. The molecule has 1 aromatic heterocycles. The van der Waals surface area contributed by atoms with Crippen LogP contribution in [-0.2, 0) is 10.0 Å². The zero-order valence-electron chi connectivity index (χ0n) is 13.3. The van der Waals surface area contributed by atoms with Crippen molar-refractivity contribution in [2.24, 2.45) is 0 Å². The first kappa shape index (κ1) is 18.3. The van der Waals surface area contributed by atoms with Crippen molar-refractivity contribution in [3.05, 3.63) is 30.3 Å². The van der Waals surface area contributed by atoms with Gasteiger partial charge in [0.05, 0.1) is 0 Å². The van der Waals surface area contributed by atoms with Gasteiger partial charge in [-0.3, -0.25) is 5.32 Å². The number of hydrogen-bond acceptors (Lipinski definition) is 7. The minimum atomic E-state index is -3.70. The number of carbonyl (C=O) groups is 1. The van der Waals surface area contributed by atoms with Crippen LogP contribution in [0.5, 0.6) is 5.75 Å². The van der Waals surface area contributed by atoms with Crippen LogP contribution in [0.1, 0.15) is 19.8 Å². The van der Waals surface area contributed by atoms with Crippen LogP contribution in [0.3, 0.4) is 0 Å². The van der Waals surface area contributed by atoms with E-state index in [1.807, 2.05) is 6.92 Å². The molecule has 0 fully saturated rings. The molecule has 2 aromatic rings. The summed E-state index contributed by atoms with van der Waals surface area (Å²) in [6, 6.07) is 8.49. The molecule has 1 amide bonds. The van der Waals surface area contributed by atoms with Crippen molar-refractivity contribution in [2.45, 2.75) is 24.1 Å². The Bertz CT molecular complexity index is 777. The Morgan fingerprint density at radius 2 is 2.00 bits per heavy atom. The molecule has 0 saturated carbocycles. The molecule has 1 aromatic carbocycles. The van der Waals surface area contributed by atoms with E-state index in [1.54, 1.807) is 30.3 Å². The van der Waals surface area contributed by atoms with Crippen molar-refractivity contribution in [3.63, 3.8) is 0 Å². The maximum Gasteiger partial charge on any atom is 0.418 e. The van der Waals surface area contributed by atoms with E-state index in [9.17, 15) is 13.2 Å². The maximum atomic E-state index is 12.3. The third kappa shape index (κ3) is 4.73. The van der Waals surface area contributed by atoms with Crippen LogP contribution in [0.4, 0.5) is 9.93 Å². The fourth-order valence-corrected chi connectivity index (χ4v) is 3.99. The largest absolute Gasteiger partial charge is 0.418 e. The van der Waals surface area contributed by atoms with Crippen LogP contribution in [0.2, 0.25) is 0 Å². The minimum absolute atomic E-state index is 0.0541. The number of nitrogens with one attached hydrogen (secondary N) is 1. The van der Waals surface area contributed by atoms with Crippen molar-refractivity contribution in [1.82, 2.24) is 14.5 Å². The van der Waals surface area contributed by atoms with Crippen LogP contribution in [-0.4, -0.2) is 42.6 Å². The second kappa shape index (κ2) is 8.18. The zero-order valence-corrected chi connectivity index (χ0v) is 14.9. The van der Waals surface area contributed by atoms with E-state index >= 15 is 0 Å². The number of unbranched alkanes of at least 4 members (excludes halogenated alkanes) is 1. The molecule has 0 unspecified atom stereocenters. The molecule has 0 atom stereocenters. The third-order valence-corrected chi connectivity index (χ3v) is 6.07. The molecule has 2 rings (SSSR count). The van der Waals surface area contributed by atoms with E-state index in [1.165, 1.54) is 11.4 Å². The highest BCUT2D eigenvalue weighted by Gasteiger charge is 2.25. The van der Waals surface area contributed by atoms with Crippen LogP contribution in [0.15, 0.2) is 34.7 Å². The lowest BCUT2D eigenvalue weighted by atomic mass is 10.3. The molecule has 0 radical (unpaired) electrons. The lowest BCUT2D eigenvalue weighted by molar-refractivity contribution is 0.215. The zero-order chi connectivity index (χ0) is 17.6. The summed E-state index contributed by atoms with van der Waals surface area (Å²) in [5.74, 6) is 0.367. The van der Waals surface area contributed by atoms with Crippen molar-refractivity contribution < 1.29 is 17.9 Å². The van der Waals surface area contributed by atoms with Gasteiger partial charge in [-0.25, -0.2) is 13.2 Å². The highest BCUT2D eigenvalue weighted by molar-refractivity contribution is 7.91. The summed E-state index contributed by atoms with van der Waals surface area (Å²) >= 11 is 0.777. The molecule has 10 heteroatoms. The first-order chi connectivity index (χ1) is 11.4. The van der Waals surface area contributed by atoms with Crippen molar-refractivity contribution in [2.75, 3.05) is 18.9 Å². The molecule has 0 bridgehead atoms. The van der Waals surface area contributed by atoms with Crippen molar-refractivity contribution >= 4 is 32.6 Å². The fourth-order valence-electron chi connectivity index (χ4n) is 1.71. The first-order valence-corrected chi connectivity index (χ1v) is 9.53. The van der Waals surface area contributed by atoms with Gasteiger partial charge in [-0.15, -0.1) is 10.2 Å². The molecule has 0 aliphatic heterocycles. The smallest absolute Gasteiger partial charge is 0.410 e. The standard InChI is InChI=1S/C14H18N4O4S2/c1-3-4-10-18(2)24(20,21)14-17-16-12(23-14)15-13(19)22-11-8-6-5-7-9-11/h5-9H,3-4,10H2,1-2H3,(H,15,16,19). The number of anilines is 1. The van der Waals surface area contributed by atoms with Gasteiger partial charge in [0.15, 0.2) is 0 Å². The Kier molecular flexibility index (Phi) is 6.23. The Labute approximate surface area is 144 Å². The lowest BCUT2D eigenvalue weighted by Gasteiger charge is -2.13. The van der Waals surface area contributed by atoms with Gasteiger partial charge in [-0.05, 0) is 18.6 Å². The van der Waals surface area contributed by atoms with E-state index in [-0.39, 0.29) is 9.47 Å². The Morgan fingerprint density at radius 1 is 1.29 bits per heavy atom. The topological polar surface area (TPSA) is 101 Å². The Morgan fingerprint density at radius 3 is 2.67 bits per heavy atom. The van der Waals surface area contributed by atoms with Crippen LogP contribution in [0, 0.1) is 0 Å². The number of nitrogens with zero attached hydrogens (tertiary/aromatic N) is 3. The first-order valence-electron chi connectivity index (χ1n) is 7.27. The number of para-hydroxylation sites is 1. The predicted molar refractivity (Wildman–Crippen MR) is 90.7 cm³/mol. The summed E-state index contributed by atoms with van der Waals surface area (Å²) in [5.41, 5.74) is 0. The highest BCUT2D eigenvalue weighted by atomic mass is 32.2. The number of sulfonamides is 1. The van der Waals surface area contributed by atoms with Gasteiger partial charge in [0.25, 0.3) is 10.0 Å². The molecule has 8 nitrogen and oxygen atoms in total. The normalized spacial score (nSPS) is 11.5. The van der Waals surface area contributed by atoms with E-state index in [2.05, 4.69) is 15.5 Å². The number of hydrogen-bond donors (Lipinski definition) is 1. The summed E-state index contributed by atoms with van der Waals surface area (Å²) in [6.07, 6.45) is 0.873. The van der Waals surface area contributed by atoms with Crippen molar-refractivity contribution in [3.8, 4) is 5.75 Å². The fraction of sp³-hybridized carbons (Fsp3) is 0.357. The van der Waals surface area contributed by atoms with E-state index < -0.39 is 16.1 Å². The lowest BCUT2D eigenvalue weighted by Crippen LogP contribution is -2.27. The highest BCUT2D eigenvalue weighted by Crippen LogP contribution is 2.23. The Balaban J connectivity index is 2.01. The van der Waals surface area contributed by atoms with E-state index in [0.29, 0.717) is 12.3 Å². The molecular weight excluding hydrogens is 352 g/mol. The Hall–Kier alpha value is -2.04. The molecule has 0 aliphatic carbocycles. The monoisotopic (exact) mass is 370 g/mol. The number of benzene rings is 1. The molecule has 24 heavy (non-hydrogen) atoms.